The first-order valence-electron chi connectivity index (χ1n) is 5.59. The molecule has 7 heteroatoms. The molecule has 0 fully saturated rings. The van der Waals surface area contributed by atoms with E-state index < -0.39 is 21.9 Å². The molecule has 1 aromatic heterocycles. The predicted octanol–water partition coefficient (Wildman–Crippen LogP) is 1.30. The van der Waals surface area contributed by atoms with Crippen LogP contribution in [0.3, 0.4) is 0 Å². The van der Waals surface area contributed by atoms with Crippen molar-refractivity contribution in [1.29, 1.82) is 0 Å². The molecule has 1 heterocycles. The quantitative estimate of drug-likeness (QED) is 0.782. The normalized spacial score (nSPS) is 13.7. The summed E-state index contributed by atoms with van der Waals surface area (Å²) in [4.78, 5) is 11.0. The molecule has 1 rings (SSSR count). The fraction of sp³-hybridized carbons (Fsp3) is 0.545. The molecule has 0 aliphatic rings. The van der Waals surface area contributed by atoms with Crippen LogP contribution in [0.2, 0.25) is 0 Å². The first-order valence-corrected chi connectivity index (χ1v) is 7.07. The molecule has 18 heavy (non-hydrogen) atoms. The Kier molecular flexibility index (Phi) is 4.92. The SMILES string of the molecule is CC(C)CC(CNS(=O)(=O)c1ccco1)C(=O)O. The van der Waals surface area contributed by atoms with Crippen molar-refractivity contribution < 1.29 is 22.7 Å². The van der Waals surface area contributed by atoms with Gasteiger partial charge in [-0.1, -0.05) is 13.8 Å². The van der Waals surface area contributed by atoms with Gasteiger partial charge in [-0.15, -0.1) is 0 Å². The fourth-order valence-electron chi connectivity index (χ4n) is 1.54. The van der Waals surface area contributed by atoms with E-state index in [0.717, 1.165) is 0 Å². The predicted molar refractivity (Wildman–Crippen MR) is 64.5 cm³/mol. The zero-order valence-electron chi connectivity index (χ0n) is 10.3. The highest BCUT2D eigenvalue weighted by atomic mass is 32.2. The number of carbonyl (C=O) groups is 1. The first-order chi connectivity index (χ1) is 8.33. The molecule has 0 spiro atoms. The number of hydrogen-bond donors (Lipinski definition) is 2. The van der Waals surface area contributed by atoms with Crippen LogP contribution < -0.4 is 4.72 Å². The number of aliphatic carboxylic acids is 1. The highest BCUT2D eigenvalue weighted by molar-refractivity contribution is 7.89. The Labute approximate surface area is 106 Å². The summed E-state index contributed by atoms with van der Waals surface area (Å²) in [6.07, 6.45) is 1.66. The zero-order valence-corrected chi connectivity index (χ0v) is 11.1. The Morgan fingerprint density at radius 1 is 1.50 bits per heavy atom. The van der Waals surface area contributed by atoms with E-state index >= 15 is 0 Å². The molecule has 0 saturated carbocycles. The van der Waals surface area contributed by atoms with E-state index in [0.29, 0.717) is 6.42 Å². The number of furan rings is 1. The summed E-state index contributed by atoms with van der Waals surface area (Å²) < 4.78 is 30.4. The van der Waals surface area contributed by atoms with Crippen LogP contribution in [0.1, 0.15) is 20.3 Å². The molecule has 1 atom stereocenters. The Morgan fingerprint density at radius 3 is 2.61 bits per heavy atom. The highest BCUT2D eigenvalue weighted by Crippen LogP contribution is 2.13. The topological polar surface area (TPSA) is 96.6 Å². The number of nitrogens with one attached hydrogen (secondary N) is 1. The molecule has 0 aliphatic carbocycles. The van der Waals surface area contributed by atoms with Crippen molar-refractivity contribution in [1.82, 2.24) is 4.72 Å². The van der Waals surface area contributed by atoms with Crippen LogP contribution in [0.15, 0.2) is 27.9 Å². The molecule has 6 nitrogen and oxygen atoms in total. The Balaban J connectivity index is 2.65. The van der Waals surface area contributed by atoms with Gasteiger partial charge >= 0.3 is 5.97 Å². The third-order valence-electron chi connectivity index (χ3n) is 2.38. The number of hydrogen-bond acceptors (Lipinski definition) is 4. The maximum absolute atomic E-state index is 11.7. The molecule has 0 saturated heterocycles. The van der Waals surface area contributed by atoms with Gasteiger partial charge in [-0.05, 0) is 24.5 Å². The van der Waals surface area contributed by atoms with Crippen molar-refractivity contribution in [3.05, 3.63) is 18.4 Å². The van der Waals surface area contributed by atoms with Crippen molar-refractivity contribution in [3.63, 3.8) is 0 Å². The Morgan fingerprint density at radius 2 is 2.17 bits per heavy atom. The van der Waals surface area contributed by atoms with E-state index in [4.69, 9.17) is 9.52 Å². The van der Waals surface area contributed by atoms with Crippen LogP contribution in [-0.2, 0) is 14.8 Å². The maximum Gasteiger partial charge on any atom is 0.307 e. The van der Waals surface area contributed by atoms with Crippen LogP contribution in [0, 0.1) is 11.8 Å². The van der Waals surface area contributed by atoms with Gasteiger partial charge in [0, 0.05) is 6.54 Å². The van der Waals surface area contributed by atoms with Gasteiger partial charge in [0.2, 0.25) is 5.09 Å². The van der Waals surface area contributed by atoms with Crippen molar-refractivity contribution in [3.8, 4) is 0 Å². The molecule has 1 aromatic rings. The average molecular weight is 275 g/mol. The number of carboxylic acids is 1. The molecule has 1 unspecified atom stereocenters. The van der Waals surface area contributed by atoms with Gasteiger partial charge in [0.25, 0.3) is 10.0 Å². The van der Waals surface area contributed by atoms with Gasteiger partial charge in [0.05, 0.1) is 12.2 Å². The molecule has 0 aliphatic heterocycles. The van der Waals surface area contributed by atoms with E-state index in [2.05, 4.69) is 4.72 Å². The highest BCUT2D eigenvalue weighted by Gasteiger charge is 2.23. The standard InChI is InChI=1S/C11H17NO5S/c1-8(2)6-9(11(13)14)7-12-18(15,16)10-4-3-5-17-10/h3-5,8-9,12H,6-7H2,1-2H3,(H,13,14). The summed E-state index contributed by atoms with van der Waals surface area (Å²) in [7, 11) is -3.76. The molecule has 102 valence electrons. The molecule has 0 bridgehead atoms. The summed E-state index contributed by atoms with van der Waals surface area (Å²) in [5.74, 6) is -1.57. The summed E-state index contributed by atoms with van der Waals surface area (Å²) in [5, 5.41) is 8.78. The molecule has 2 N–H and O–H groups in total. The Hall–Kier alpha value is -1.34. The van der Waals surface area contributed by atoms with Crippen molar-refractivity contribution in [2.45, 2.75) is 25.4 Å². The van der Waals surface area contributed by atoms with Crippen LogP contribution >= 0.6 is 0 Å². The molecule has 0 amide bonds. The average Bonchev–Trinajstić information content (AvgIpc) is 2.77. The second-order valence-electron chi connectivity index (χ2n) is 4.45. The monoisotopic (exact) mass is 275 g/mol. The van der Waals surface area contributed by atoms with E-state index in [1.807, 2.05) is 13.8 Å². The summed E-state index contributed by atoms with van der Waals surface area (Å²) >= 11 is 0. The minimum atomic E-state index is -3.76. The van der Waals surface area contributed by atoms with Crippen molar-refractivity contribution in [2.24, 2.45) is 11.8 Å². The van der Waals surface area contributed by atoms with E-state index in [1.165, 1.54) is 18.4 Å². The van der Waals surface area contributed by atoms with Gasteiger partial charge in [0.1, 0.15) is 0 Å². The number of sulfonamides is 1. The summed E-state index contributed by atoms with van der Waals surface area (Å²) in [6.45, 7) is 3.63. The Bertz CT molecular complexity index is 478. The minimum absolute atomic E-state index is 0.142. The van der Waals surface area contributed by atoms with Gasteiger partial charge in [-0.25, -0.2) is 13.1 Å². The molecule has 0 radical (unpaired) electrons. The van der Waals surface area contributed by atoms with Crippen LogP contribution in [0.4, 0.5) is 0 Å². The van der Waals surface area contributed by atoms with Gasteiger partial charge in [0.15, 0.2) is 0 Å². The van der Waals surface area contributed by atoms with Crippen LogP contribution in [-0.4, -0.2) is 26.0 Å². The summed E-state index contributed by atoms with van der Waals surface area (Å²) in [5.41, 5.74) is 0. The van der Waals surface area contributed by atoms with Gasteiger partial charge in [-0.2, -0.15) is 0 Å². The first kappa shape index (κ1) is 14.7. The van der Waals surface area contributed by atoms with E-state index in [1.54, 1.807) is 0 Å². The minimum Gasteiger partial charge on any atom is -0.481 e. The third-order valence-corrected chi connectivity index (χ3v) is 3.69. The number of carboxylic acid groups (broad SMARTS) is 1. The molecular weight excluding hydrogens is 258 g/mol. The second kappa shape index (κ2) is 6.01. The van der Waals surface area contributed by atoms with Gasteiger partial charge < -0.3 is 9.52 Å². The lowest BCUT2D eigenvalue weighted by Crippen LogP contribution is -2.33. The smallest absolute Gasteiger partial charge is 0.307 e. The maximum atomic E-state index is 11.7. The lowest BCUT2D eigenvalue weighted by molar-refractivity contribution is -0.142. The van der Waals surface area contributed by atoms with Crippen molar-refractivity contribution >= 4 is 16.0 Å². The lowest BCUT2D eigenvalue weighted by atomic mass is 9.98. The van der Waals surface area contributed by atoms with Crippen molar-refractivity contribution in [2.75, 3.05) is 6.54 Å². The zero-order chi connectivity index (χ0) is 13.8. The van der Waals surface area contributed by atoms with Crippen LogP contribution in [0.25, 0.3) is 0 Å². The molecule has 0 aromatic carbocycles. The van der Waals surface area contributed by atoms with E-state index in [9.17, 15) is 13.2 Å². The van der Waals surface area contributed by atoms with Crippen LogP contribution in [0.5, 0.6) is 0 Å². The second-order valence-corrected chi connectivity index (χ2v) is 6.15. The summed E-state index contributed by atoms with van der Waals surface area (Å²) in [6, 6.07) is 2.76. The fourth-order valence-corrected chi connectivity index (χ4v) is 2.54. The number of rotatable bonds is 7. The van der Waals surface area contributed by atoms with Gasteiger partial charge in [-0.3, -0.25) is 4.79 Å². The molecular formula is C11H17NO5S. The van der Waals surface area contributed by atoms with E-state index in [-0.39, 0.29) is 17.6 Å². The largest absolute Gasteiger partial charge is 0.481 e. The lowest BCUT2D eigenvalue weighted by Gasteiger charge is -2.14. The third kappa shape index (κ3) is 4.15.